The average molecular weight is 244 g/mol. The number of para-hydroxylation sites is 1. The zero-order valence-electron chi connectivity index (χ0n) is 10.3. The number of hydrogen-bond acceptors (Lipinski definition) is 1. The molecule has 1 aromatic heterocycles. The summed E-state index contributed by atoms with van der Waals surface area (Å²) in [6.07, 6.45) is 1.85. The van der Waals surface area contributed by atoms with Crippen molar-refractivity contribution in [1.29, 1.82) is 0 Å². The lowest BCUT2D eigenvalue weighted by atomic mass is 9.98. The lowest BCUT2D eigenvalue weighted by molar-refractivity contribution is 0.617. The fraction of sp³-hybridized carbons (Fsp3) is 0. The lowest BCUT2D eigenvalue weighted by Crippen LogP contribution is -1.79. The van der Waals surface area contributed by atoms with Gasteiger partial charge in [-0.2, -0.15) is 0 Å². The summed E-state index contributed by atoms with van der Waals surface area (Å²) in [6, 6.07) is 23.0. The third-order valence-corrected chi connectivity index (χ3v) is 3.56. The van der Waals surface area contributed by atoms with Crippen molar-refractivity contribution in [2.75, 3.05) is 0 Å². The van der Waals surface area contributed by atoms with E-state index in [2.05, 4.69) is 48.5 Å². The van der Waals surface area contributed by atoms with Gasteiger partial charge in [-0.25, -0.2) is 0 Å². The Morgan fingerprint density at radius 1 is 0.579 bits per heavy atom. The third-order valence-electron chi connectivity index (χ3n) is 3.56. The van der Waals surface area contributed by atoms with E-state index < -0.39 is 0 Å². The molecule has 0 atom stereocenters. The summed E-state index contributed by atoms with van der Waals surface area (Å²) >= 11 is 0. The molecule has 1 heteroatoms. The molecule has 0 N–H and O–H groups in total. The van der Waals surface area contributed by atoms with Crippen LogP contribution in [0.3, 0.4) is 0 Å². The first-order valence-electron chi connectivity index (χ1n) is 6.38. The van der Waals surface area contributed by atoms with Crippen molar-refractivity contribution in [3.05, 3.63) is 73.0 Å². The van der Waals surface area contributed by atoms with Crippen LogP contribution in [0.25, 0.3) is 32.9 Å². The molecule has 1 heterocycles. The van der Waals surface area contributed by atoms with Crippen LogP contribution in [0.15, 0.2) is 77.4 Å². The number of furan rings is 1. The summed E-state index contributed by atoms with van der Waals surface area (Å²) in [5.74, 6) is 0. The van der Waals surface area contributed by atoms with Crippen LogP contribution in [0.5, 0.6) is 0 Å². The van der Waals surface area contributed by atoms with Gasteiger partial charge >= 0.3 is 0 Å². The summed E-state index contributed by atoms with van der Waals surface area (Å²) in [7, 11) is 0. The van der Waals surface area contributed by atoms with E-state index in [-0.39, 0.29) is 0 Å². The Hall–Kier alpha value is -2.54. The fourth-order valence-electron chi connectivity index (χ4n) is 2.65. The van der Waals surface area contributed by atoms with Crippen LogP contribution in [0.4, 0.5) is 0 Å². The second kappa shape index (κ2) is 3.99. The minimum absolute atomic E-state index is 0.936. The average Bonchev–Trinajstić information content (AvgIpc) is 2.90. The third kappa shape index (κ3) is 1.55. The molecule has 0 saturated carbocycles. The smallest absolute Gasteiger partial charge is 0.134 e. The second-order valence-corrected chi connectivity index (χ2v) is 4.67. The normalized spacial score (nSPS) is 11.2. The molecule has 19 heavy (non-hydrogen) atoms. The predicted molar refractivity (Wildman–Crippen MR) is 79.2 cm³/mol. The first-order chi connectivity index (χ1) is 9.43. The molecule has 0 fully saturated rings. The van der Waals surface area contributed by atoms with Crippen LogP contribution in [0.2, 0.25) is 0 Å². The Balaban J connectivity index is 2.10. The Morgan fingerprint density at radius 2 is 1.32 bits per heavy atom. The van der Waals surface area contributed by atoms with Gasteiger partial charge in [-0.15, -0.1) is 0 Å². The topological polar surface area (TPSA) is 13.1 Å². The lowest BCUT2D eigenvalue weighted by Gasteiger charge is -2.04. The van der Waals surface area contributed by atoms with E-state index in [1.54, 1.807) is 0 Å². The van der Waals surface area contributed by atoms with Crippen LogP contribution in [0, 0.1) is 0 Å². The summed E-state index contributed by atoms with van der Waals surface area (Å²) in [4.78, 5) is 0. The van der Waals surface area contributed by atoms with Crippen molar-refractivity contribution in [2.45, 2.75) is 0 Å². The number of benzene rings is 3. The van der Waals surface area contributed by atoms with Crippen LogP contribution in [-0.4, -0.2) is 0 Å². The van der Waals surface area contributed by atoms with Crippen molar-refractivity contribution in [2.24, 2.45) is 0 Å². The maximum Gasteiger partial charge on any atom is 0.134 e. The quantitative estimate of drug-likeness (QED) is 0.445. The molecule has 0 radical (unpaired) electrons. The van der Waals surface area contributed by atoms with E-state index >= 15 is 0 Å². The summed E-state index contributed by atoms with van der Waals surface area (Å²) in [5.41, 5.74) is 3.32. The van der Waals surface area contributed by atoms with Crippen molar-refractivity contribution in [3.8, 4) is 11.1 Å². The highest BCUT2D eigenvalue weighted by molar-refractivity contribution is 6.04. The zero-order valence-corrected chi connectivity index (χ0v) is 10.3. The highest BCUT2D eigenvalue weighted by Crippen LogP contribution is 2.34. The van der Waals surface area contributed by atoms with Gasteiger partial charge in [0, 0.05) is 10.9 Å². The van der Waals surface area contributed by atoms with Crippen molar-refractivity contribution < 1.29 is 4.42 Å². The van der Waals surface area contributed by atoms with E-state index in [0.717, 1.165) is 11.1 Å². The van der Waals surface area contributed by atoms with Gasteiger partial charge in [0.05, 0.1) is 6.26 Å². The Morgan fingerprint density at radius 3 is 2.26 bits per heavy atom. The molecule has 0 bridgehead atoms. The predicted octanol–water partition coefficient (Wildman–Crippen LogP) is 5.25. The first-order valence-corrected chi connectivity index (χ1v) is 6.38. The summed E-state index contributed by atoms with van der Waals surface area (Å²) < 4.78 is 5.65. The van der Waals surface area contributed by atoms with Crippen molar-refractivity contribution in [3.63, 3.8) is 0 Å². The van der Waals surface area contributed by atoms with E-state index in [0.29, 0.717) is 0 Å². The largest absolute Gasteiger partial charge is 0.464 e. The van der Waals surface area contributed by atoms with Crippen molar-refractivity contribution in [1.82, 2.24) is 0 Å². The van der Waals surface area contributed by atoms with E-state index in [4.69, 9.17) is 4.42 Å². The van der Waals surface area contributed by atoms with Crippen LogP contribution in [-0.2, 0) is 0 Å². The van der Waals surface area contributed by atoms with Gasteiger partial charge in [0.25, 0.3) is 0 Å². The van der Waals surface area contributed by atoms with Gasteiger partial charge in [0.2, 0.25) is 0 Å². The molecule has 3 aromatic carbocycles. The van der Waals surface area contributed by atoms with Gasteiger partial charge in [-0.3, -0.25) is 0 Å². The summed E-state index contributed by atoms with van der Waals surface area (Å²) in [5, 5.41) is 3.68. The highest BCUT2D eigenvalue weighted by Gasteiger charge is 2.09. The van der Waals surface area contributed by atoms with Gasteiger partial charge in [-0.05, 0) is 22.4 Å². The molecule has 0 aliphatic rings. The molecular formula is C18H12O. The number of hydrogen-bond donors (Lipinski definition) is 0. The Labute approximate surface area is 111 Å². The molecule has 4 aromatic rings. The van der Waals surface area contributed by atoms with Crippen LogP contribution < -0.4 is 0 Å². The van der Waals surface area contributed by atoms with Crippen LogP contribution in [0.1, 0.15) is 0 Å². The second-order valence-electron chi connectivity index (χ2n) is 4.67. The fourth-order valence-corrected chi connectivity index (χ4v) is 2.65. The zero-order chi connectivity index (χ0) is 12.7. The minimum atomic E-state index is 0.936. The van der Waals surface area contributed by atoms with E-state index in [1.807, 2.05) is 24.5 Å². The molecular weight excluding hydrogens is 232 g/mol. The Bertz CT molecular complexity index is 866. The summed E-state index contributed by atoms with van der Waals surface area (Å²) in [6.45, 7) is 0. The standard InChI is InChI=1S/C18H12O/c1-2-8-14-13(6-1)7-5-10-15(14)17-12-19-18-11-4-3-9-16(17)18/h1-12H. The van der Waals surface area contributed by atoms with E-state index in [9.17, 15) is 0 Å². The highest BCUT2D eigenvalue weighted by atomic mass is 16.3. The monoisotopic (exact) mass is 244 g/mol. The Kier molecular flexibility index (Phi) is 2.18. The minimum Gasteiger partial charge on any atom is -0.464 e. The first kappa shape index (κ1) is 10.4. The number of fused-ring (bicyclic) bond motifs is 2. The van der Waals surface area contributed by atoms with Crippen LogP contribution >= 0.6 is 0 Å². The van der Waals surface area contributed by atoms with Gasteiger partial charge in [-0.1, -0.05) is 60.7 Å². The molecule has 0 aliphatic carbocycles. The van der Waals surface area contributed by atoms with Gasteiger partial charge in [0.15, 0.2) is 0 Å². The van der Waals surface area contributed by atoms with E-state index in [1.165, 1.54) is 21.7 Å². The van der Waals surface area contributed by atoms with Crippen molar-refractivity contribution >= 4 is 21.7 Å². The van der Waals surface area contributed by atoms with Gasteiger partial charge < -0.3 is 4.42 Å². The molecule has 4 rings (SSSR count). The molecule has 1 nitrogen and oxygen atoms in total. The molecule has 0 spiro atoms. The molecule has 0 aliphatic heterocycles. The molecule has 0 unspecified atom stereocenters. The molecule has 0 amide bonds. The van der Waals surface area contributed by atoms with Gasteiger partial charge in [0.1, 0.15) is 5.58 Å². The maximum absolute atomic E-state index is 5.65. The molecule has 90 valence electrons. The molecule has 0 saturated heterocycles. The SMILES string of the molecule is c1ccc2c(-c3coc4ccccc34)cccc2c1. The maximum atomic E-state index is 5.65. The number of rotatable bonds is 1.